The highest BCUT2D eigenvalue weighted by Crippen LogP contribution is 2.19. The van der Waals surface area contributed by atoms with Crippen molar-refractivity contribution in [2.45, 2.75) is 51.2 Å². The van der Waals surface area contributed by atoms with E-state index in [4.69, 9.17) is 15.2 Å². The number of hydrogen-bond donors (Lipinski definition) is 1. The lowest BCUT2D eigenvalue weighted by atomic mass is 9.99. The number of nitrogens with two attached hydrogens (primary N) is 1. The van der Waals surface area contributed by atoms with E-state index in [1.807, 2.05) is 0 Å². The Morgan fingerprint density at radius 1 is 1.41 bits per heavy atom. The number of ether oxygens (including phenoxy) is 2. The Labute approximate surface area is 105 Å². The molecule has 1 fully saturated rings. The highest BCUT2D eigenvalue weighted by Gasteiger charge is 2.31. The molecule has 1 aliphatic heterocycles. The van der Waals surface area contributed by atoms with E-state index in [0.717, 1.165) is 45.6 Å². The normalized spacial score (nSPS) is 25.8. The van der Waals surface area contributed by atoms with Gasteiger partial charge in [-0.3, -0.25) is 4.90 Å². The largest absolute Gasteiger partial charge is 0.383 e. The molecule has 102 valence electrons. The maximum Gasteiger partial charge on any atom is 0.0637 e. The van der Waals surface area contributed by atoms with Crippen molar-refractivity contribution in [2.24, 2.45) is 5.73 Å². The first kappa shape index (κ1) is 14.9. The van der Waals surface area contributed by atoms with Crippen LogP contribution in [0.3, 0.4) is 0 Å². The van der Waals surface area contributed by atoms with E-state index < -0.39 is 0 Å². The maximum atomic E-state index is 6.24. The monoisotopic (exact) mass is 244 g/mol. The van der Waals surface area contributed by atoms with Gasteiger partial charge in [0.2, 0.25) is 0 Å². The second kappa shape index (κ2) is 8.03. The lowest BCUT2D eigenvalue weighted by molar-refractivity contribution is -0.0215. The molecule has 2 atom stereocenters. The molecule has 1 aliphatic rings. The molecule has 1 heterocycles. The standard InChI is InChI=1S/C13H28N2O2/c1-4-11(5-2)15(7-9-16-3)13-10-17-8-6-12(13)14/h11-13H,4-10,14H2,1-3H3. The summed E-state index contributed by atoms with van der Waals surface area (Å²) in [6.45, 7) is 7.76. The molecule has 0 radical (unpaired) electrons. The molecule has 0 aromatic rings. The van der Waals surface area contributed by atoms with Crippen LogP contribution in [0.2, 0.25) is 0 Å². The molecule has 2 N–H and O–H groups in total. The van der Waals surface area contributed by atoms with Gasteiger partial charge in [0.15, 0.2) is 0 Å². The van der Waals surface area contributed by atoms with Crippen LogP contribution in [-0.2, 0) is 9.47 Å². The van der Waals surface area contributed by atoms with Gasteiger partial charge in [0, 0.05) is 38.4 Å². The minimum absolute atomic E-state index is 0.237. The van der Waals surface area contributed by atoms with Gasteiger partial charge in [-0.1, -0.05) is 13.8 Å². The zero-order chi connectivity index (χ0) is 12.7. The Morgan fingerprint density at radius 3 is 2.65 bits per heavy atom. The van der Waals surface area contributed by atoms with Gasteiger partial charge in [-0.15, -0.1) is 0 Å². The molecule has 2 unspecified atom stereocenters. The predicted molar refractivity (Wildman–Crippen MR) is 70.2 cm³/mol. The smallest absolute Gasteiger partial charge is 0.0637 e. The summed E-state index contributed by atoms with van der Waals surface area (Å²) in [6, 6.07) is 1.17. The fourth-order valence-electron chi connectivity index (χ4n) is 2.65. The Kier molecular flexibility index (Phi) is 7.04. The minimum atomic E-state index is 0.237. The van der Waals surface area contributed by atoms with Crippen molar-refractivity contribution in [3.63, 3.8) is 0 Å². The van der Waals surface area contributed by atoms with Crippen LogP contribution in [0.1, 0.15) is 33.1 Å². The number of rotatable bonds is 7. The SMILES string of the molecule is CCC(CC)N(CCOC)C1COCCC1N. The molecule has 0 bridgehead atoms. The maximum absolute atomic E-state index is 6.24. The van der Waals surface area contributed by atoms with Crippen molar-refractivity contribution in [2.75, 3.05) is 33.5 Å². The molecule has 0 aliphatic carbocycles. The van der Waals surface area contributed by atoms with Crippen molar-refractivity contribution >= 4 is 0 Å². The molecule has 1 saturated heterocycles. The minimum Gasteiger partial charge on any atom is -0.383 e. The van der Waals surface area contributed by atoms with Crippen molar-refractivity contribution in [3.05, 3.63) is 0 Å². The van der Waals surface area contributed by atoms with Gasteiger partial charge in [-0.05, 0) is 19.3 Å². The highest BCUT2D eigenvalue weighted by molar-refractivity contribution is 4.88. The molecule has 0 aromatic carbocycles. The van der Waals surface area contributed by atoms with E-state index >= 15 is 0 Å². The first-order chi connectivity index (χ1) is 8.24. The van der Waals surface area contributed by atoms with Gasteiger partial charge in [0.25, 0.3) is 0 Å². The molecule has 1 rings (SSSR count). The van der Waals surface area contributed by atoms with Crippen molar-refractivity contribution < 1.29 is 9.47 Å². The fraction of sp³-hybridized carbons (Fsp3) is 1.00. The molecule has 0 spiro atoms. The van der Waals surface area contributed by atoms with Crippen molar-refractivity contribution in [3.8, 4) is 0 Å². The summed E-state index contributed by atoms with van der Waals surface area (Å²) in [4.78, 5) is 2.49. The quantitative estimate of drug-likeness (QED) is 0.732. The van der Waals surface area contributed by atoms with Crippen molar-refractivity contribution in [1.82, 2.24) is 4.90 Å². The van der Waals surface area contributed by atoms with Gasteiger partial charge in [0.05, 0.1) is 13.2 Å². The Bertz CT molecular complexity index is 198. The van der Waals surface area contributed by atoms with Crippen LogP contribution in [0.25, 0.3) is 0 Å². The third-order valence-corrected chi connectivity index (χ3v) is 3.77. The van der Waals surface area contributed by atoms with Gasteiger partial charge in [-0.2, -0.15) is 0 Å². The lowest BCUT2D eigenvalue weighted by Gasteiger charge is -2.42. The first-order valence-electron chi connectivity index (χ1n) is 6.82. The summed E-state index contributed by atoms with van der Waals surface area (Å²) in [5, 5.41) is 0. The van der Waals surface area contributed by atoms with Crippen molar-refractivity contribution in [1.29, 1.82) is 0 Å². The molecule has 4 heteroatoms. The first-order valence-corrected chi connectivity index (χ1v) is 6.82. The van der Waals surface area contributed by atoms with Crippen LogP contribution in [0, 0.1) is 0 Å². The Morgan fingerprint density at radius 2 is 2.12 bits per heavy atom. The van der Waals surface area contributed by atoms with E-state index in [-0.39, 0.29) is 6.04 Å². The van der Waals surface area contributed by atoms with E-state index in [2.05, 4.69) is 18.7 Å². The van der Waals surface area contributed by atoms with Gasteiger partial charge >= 0.3 is 0 Å². The lowest BCUT2D eigenvalue weighted by Crippen LogP contribution is -2.57. The summed E-state index contributed by atoms with van der Waals surface area (Å²) >= 11 is 0. The molecule has 0 aromatic heterocycles. The van der Waals surface area contributed by atoms with Gasteiger partial charge < -0.3 is 15.2 Å². The molecule has 17 heavy (non-hydrogen) atoms. The van der Waals surface area contributed by atoms with E-state index in [1.54, 1.807) is 7.11 Å². The summed E-state index contributed by atoms with van der Waals surface area (Å²) in [7, 11) is 1.75. The number of methoxy groups -OCH3 is 1. The van der Waals surface area contributed by atoms with E-state index in [1.165, 1.54) is 0 Å². The van der Waals surface area contributed by atoms with Crippen LogP contribution in [0.15, 0.2) is 0 Å². The number of hydrogen-bond acceptors (Lipinski definition) is 4. The van der Waals surface area contributed by atoms with Gasteiger partial charge in [0.1, 0.15) is 0 Å². The molecule has 0 saturated carbocycles. The summed E-state index contributed by atoms with van der Waals surface area (Å²) < 4.78 is 10.8. The molecular weight excluding hydrogens is 216 g/mol. The van der Waals surface area contributed by atoms with Crippen LogP contribution >= 0.6 is 0 Å². The zero-order valence-electron chi connectivity index (χ0n) is 11.5. The average Bonchev–Trinajstić information content (AvgIpc) is 2.36. The topological polar surface area (TPSA) is 47.7 Å². The predicted octanol–water partition coefficient (Wildman–Crippen LogP) is 1.24. The van der Waals surface area contributed by atoms with Crippen LogP contribution in [-0.4, -0.2) is 56.5 Å². The third-order valence-electron chi connectivity index (χ3n) is 3.77. The van der Waals surface area contributed by atoms with E-state index in [9.17, 15) is 0 Å². The Balaban J connectivity index is 2.65. The average molecular weight is 244 g/mol. The number of nitrogens with zero attached hydrogens (tertiary/aromatic N) is 1. The van der Waals surface area contributed by atoms with Crippen LogP contribution in [0.5, 0.6) is 0 Å². The summed E-state index contributed by atoms with van der Waals surface area (Å²) in [5.74, 6) is 0. The van der Waals surface area contributed by atoms with Crippen LogP contribution in [0.4, 0.5) is 0 Å². The van der Waals surface area contributed by atoms with Crippen LogP contribution < -0.4 is 5.73 Å². The third kappa shape index (κ3) is 4.21. The Hall–Kier alpha value is -0.160. The second-order valence-electron chi connectivity index (χ2n) is 4.80. The summed E-state index contributed by atoms with van der Waals surface area (Å²) in [6.07, 6.45) is 3.28. The molecule has 4 nitrogen and oxygen atoms in total. The molecule has 0 amide bonds. The molecular formula is C13H28N2O2. The zero-order valence-corrected chi connectivity index (χ0v) is 11.5. The van der Waals surface area contributed by atoms with Gasteiger partial charge in [-0.25, -0.2) is 0 Å². The fourth-order valence-corrected chi connectivity index (χ4v) is 2.65. The second-order valence-corrected chi connectivity index (χ2v) is 4.80. The summed E-state index contributed by atoms with van der Waals surface area (Å²) in [5.41, 5.74) is 6.24. The van der Waals surface area contributed by atoms with E-state index in [0.29, 0.717) is 12.1 Å². The highest BCUT2D eigenvalue weighted by atomic mass is 16.5.